The molecular formula is C16H22N4O3S. The highest BCUT2D eigenvalue weighted by Crippen LogP contribution is 2.18. The second-order valence-electron chi connectivity index (χ2n) is 5.62. The van der Waals surface area contributed by atoms with Gasteiger partial charge in [0.25, 0.3) is 0 Å². The second-order valence-corrected chi connectivity index (χ2v) is 7.56. The molecule has 1 saturated heterocycles. The summed E-state index contributed by atoms with van der Waals surface area (Å²) in [7, 11) is -3.58. The van der Waals surface area contributed by atoms with Crippen LogP contribution in [0.2, 0.25) is 0 Å². The number of nitrogens with zero attached hydrogens (tertiary/aromatic N) is 3. The zero-order chi connectivity index (χ0) is 17.6. The van der Waals surface area contributed by atoms with Crippen LogP contribution in [-0.2, 0) is 14.8 Å². The highest BCUT2D eigenvalue weighted by Gasteiger charge is 2.27. The van der Waals surface area contributed by atoms with E-state index >= 15 is 0 Å². The van der Waals surface area contributed by atoms with E-state index in [-0.39, 0.29) is 10.8 Å². The molecular weight excluding hydrogens is 328 g/mol. The fourth-order valence-corrected chi connectivity index (χ4v) is 4.12. The van der Waals surface area contributed by atoms with Gasteiger partial charge in [-0.1, -0.05) is 0 Å². The predicted molar refractivity (Wildman–Crippen MR) is 89.7 cm³/mol. The van der Waals surface area contributed by atoms with Crippen LogP contribution in [0.4, 0.5) is 0 Å². The number of carbonyl (C=O) groups is 1. The Hall–Kier alpha value is -1.95. The SMILES string of the molecule is CCNC(=O)CN1CCCN(S(=O)(=O)c2ccc(C#N)cc2)CC1. The molecule has 0 atom stereocenters. The molecule has 0 bridgehead atoms. The Morgan fingerprint density at radius 3 is 2.54 bits per heavy atom. The maximum Gasteiger partial charge on any atom is 0.243 e. The van der Waals surface area contributed by atoms with Crippen LogP contribution in [0.5, 0.6) is 0 Å². The molecule has 1 heterocycles. The van der Waals surface area contributed by atoms with E-state index in [1.165, 1.54) is 28.6 Å². The highest BCUT2D eigenvalue weighted by atomic mass is 32.2. The molecule has 1 N–H and O–H groups in total. The number of nitriles is 1. The summed E-state index contributed by atoms with van der Waals surface area (Å²) in [5.41, 5.74) is 0.429. The monoisotopic (exact) mass is 350 g/mol. The minimum absolute atomic E-state index is 0.0408. The van der Waals surface area contributed by atoms with Gasteiger partial charge in [-0.25, -0.2) is 8.42 Å². The third-order valence-corrected chi connectivity index (χ3v) is 5.82. The first-order valence-corrected chi connectivity index (χ1v) is 9.40. The highest BCUT2D eigenvalue weighted by molar-refractivity contribution is 7.89. The number of nitrogens with one attached hydrogen (secondary N) is 1. The molecule has 8 heteroatoms. The Labute approximate surface area is 142 Å². The average molecular weight is 350 g/mol. The van der Waals surface area contributed by atoms with E-state index in [4.69, 9.17) is 5.26 Å². The Morgan fingerprint density at radius 1 is 1.21 bits per heavy atom. The van der Waals surface area contributed by atoms with E-state index in [2.05, 4.69) is 5.32 Å². The normalized spacial score (nSPS) is 17.0. The van der Waals surface area contributed by atoms with Gasteiger partial charge in [-0.15, -0.1) is 0 Å². The molecule has 0 aromatic heterocycles. The van der Waals surface area contributed by atoms with Crippen molar-refractivity contribution in [3.05, 3.63) is 29.8 Å². The van der Waals surface area contributed by atoms with E-state index in [0.717, 1.165) is 0 Å². The summed E-state index contributed by atoms with van der Waals surface area (Å²) in [6.07, 6.45) is 0.676. The lowest BCUT2D eigenvalue weighted by molar-refractivity contribution is -0.122. The smallest absolute Gasteiger partial charge is 0.243 e. The van der Waals surface area contributed by atoms with Crippen molar-refractivity contribution < 1.29 is 13.2 Å². The minimum atomic E-state index is -3.58. The summed E-state index contributed by atoms with van der Waals surface area (Å²) in [4.78, 5) is 13.8. The topological polar surface area (TPSA) is 93.5 Å². The van der Waals surface area contributed by atoms with Gasteiger partial charge in [-0.2, -0.15) is 9.57 Å². The van der Waals surface area contributed by atoms with Crippen molar-refractivity contribution in [2.45, 2.75) is 18.2 Å². The van der Waals surface area contributed by atoms with Crippen molar-refractivity contribution in [3.63, 3.8) is 0 Å². The zero-order valence-electron chi connectivity index (χ0n) is 13.7. The van der Waals surface area contributed by atoms with E-state index < -0.39 is 10.0 Å². The van der Waals surface area contributed by atoms with Gasteiger partial charge in [0.05, 0.1) is 23.1 Å². The van der Waals surface area contributed by atoms with E-state index in [1.807, 2.05) is 17.9 Å². The van der Waals surface area contributed by atoms with Crippen LogP contribution in [0.1, 0.15) is 18.9 Å². The van der Waals surface area contributed by atoms with E-state index in [1.54, 1.807) is 0 Å². The summed E-state index contributed by atoms with van der Waals surface area (Å²) in [6, 6.07) is 7.92. The van der Waals surface area contributed by atoms with Crippen LogP contribution in [0.25, 0.3) is 0 Å². The number of rotatable bonds is 5. The van der Waals surface area contributed by atoms with E-state index in [9.17, 15) is 13.2 Å². The van der Waals surface area contributed by atoms with Crippen molar-refractivity contribution in [3.8, 4) is 6.07 Å². The van der Waals surface area contributed by atoms with Gasteiger partial charge < -0.3 is 5.32 Å². The number of likely N-dealkylation sites (N-methyl/N-ethyl adjacent to an activating group) is 1. The number of benzene rings is 1. The Bertz CT molecular complexity index is 710. The molecule has 130 valence electrons. The van der Waals surface area contributed by atoms with Gasteiger partial charge in [0, 0.05) is 26.2 Å². The van der Waals surface area contributed by atoms with Crippen molar-refractivity contribution in [1.82, 2.24) is 14.5 Å². The first-order chi connectivity index (χ1) is 11.5. The van der Waals surface area contributed by atoms with Crippen LogP contribution in [0.3, 0.4) is 0 Å². The standard InChI is InChI=1S/C16H22N4O3S/c1-2-18-16(21)13-19-8-3-9-20(11-10-19)24(22,23)15-6-4-14(12-17)5-7-15/h4-7H,2-3,8-11,13H2,1H3,(H,18,21). The summed E-state index contributed by atoms with van der Waals surface area (Å²) in [5.74, 6) is -0.0408. The van der Waals surface area contributed by atoms with Crippen molar-refractivity contribution in [2.24, 2.45) is 0 Å². The van der Waals surface area contributed by atoms with Crippen LogP contribution in [-0.4, -0.2) is 62.8 Å². The molecule has 24 heavy (non-hydrogen) atoms. The van der Waals surface area contributed by atoms with Gasteiger partial charge in [-0.3, -0.25) is 9.69 Å². The number of hydrogen-bond donors (Lipinski definition) is 1. The molecule has 1 aromatic carbocycles. The fraction of sp³-hybridized carbons (Fsp3) is 0.500. The zero-order valence-corrected chi connectivity index (χ0v) is 14.6. The van der Waals surface area contributed by atoms with Gasteiger partial charge >= 0.3 is 0 Å². The molecule has 1 amide bonds. The lowest BCUT2D eigenvalue weighted by Crippen LogP contribution is -2.40. The number of sulfonamides is 1. The lowest BCUT2D eigenvalue weighted by atomic mass is 10.2. The van der Waals surface area contributed by atoms with Gasteiger partial charge in [-0.05, 0) is 44.2 Å². The molecule has 0 aliphatic carbocycles. The second kappa shape index (κ2) is 8.24. The average Bonchev–Trinajstić information content (AvgIpc) is 2.81. The predicted octanol–water partition coefficient (Wildman–Crippen LogP) is 0.391. The van der Waals surface area contributed by atoms with Gasteiger partial charge in [0.2, 0.25) is 15.9 Å². The lowest BCUT2D eigenvalue weighted by Gasteiger charge is -2.21. The first kappa shape index (κ1) is 18.4. The summed E-state index contributed by atoms with van der Waals surface area (Å²) in [6.45, 7) is 4.73. The minimum Gasteiger partial charge on any atom is -0.355 e. The van der Waals surface area contributed by atoms with Gasteiger partial charge in [0.15, 0.2) is 0 Å². The molecule has 0 unspecified atom stereocenters. The molecule has 7 nitrogen and oxygen atoms in total. The molecule has 1 aliphatic rings. The third kappa shape index (κ3) is 4.54. The maximum absolute atomic E-state index is 12.7. The molecule has 1 aromatic rings. The Kier molecular flexibility index (Phi) is 6.31. The van der Waals surface area contributed by atoms with E-state index in [0.29, 0.717) is 51.3 Å². The maximum atomic E-state index is 12.7. The molecule has 0 radical (unpaired) electrons. The first-order valence-electron chi connectivity index (χ1n) is 7.96. The quantitative estimate of drug-likeness (QED) is 0.829. The van der Waals surface area contributed by atoms with Gasteiger partial charge in [0.1, 0.15) is 0 Å². The summed E-state index contributed by atoms with van der Waals surface area (Å²) in [5, 5.41) is 11.6. The Morgan fingerprint density at radius 2 is 1.92 bits per heavy atom. The molecule has 1 aliphatic heterocycles. The van der Waals surface area contributed by atoms with Crippen molar-refractivity contribution in [2.75, 3.05) is 39.3 Å². The Balaban J connectivity index is 2.04. The van der Waals surface area contributed by atoms with Crippen LogP contribution < -0.4 is 5.32 Å². The molecule has 2 rings (SSSR count). The van der Waals surface area contributed by atoms with Crippen LogP contribution in [0, 0.1) is 11.3 Å². The largest absolute Gasteiger partial charge is 0.355 e. The third-order valence-electron chi connectivity index (χ3n) is 3.91. The summed E-state index contributed by atoms with van der Waals surface area (Å²) >= 11 is 0. The number of amides is 1. The van der Waals surface area contributed by atoms with Crippen LogP contribution in [0.15, 0.2) is 29.2 Å². The van der Waals surface area contributed by atoms with Crippen LogP contribution >= 0.6 is 0 Å². The molecule has 0 spiro atoms. The number of hydrogen-bond acceptors (Lipinski definition) is 5. The van der Waals surface area contributed by atoms with Crippen molar-refractivity contribution in [1.29, 1.82) is 5.26 Å². The fourth-order valence-electron chi connectivity index (χ4n) is 2.65. The summed E-state index contributed by atoms with van der Waals surface area (Å²) < 4.78 is 26.9. The number of carbonyl (C=O) groups excluding carboxylic acids is 1. The molecule has 1 fully saturated rings. The van der Waals surface area contributed by atoms with Crippen molar-refractivity contribution >= 4 is 15.9 Å². The molecule has 0 saturated carbocycles.